The lowest BCUT2D eigenvalue weighted by Gasteiger charge is -2.19. The van der Waals surface area contributed by atoms with Gasteiger partial charge in [0.15, 0.2) is 0 Å². The van der Waals surface area contributed by atoms with Crippen LogP contribution in [0.1, 0.15) is 17.9 Å². The molecule has 14 heavy (non-hydrogen) atoms. The zero-order valence-corrected chi connectivity index (χ0v) is 8.84. The fourth-order valence-electron chi connectivity index (χ4n) is 1.47. The molecule has 0 aliphatic carbocycles. The van der Waals surface area contributed by atoms with Crippen molar-refractivity contribution >= 4 is 11.6 Å². The van der Waals surface area contributed by atoms with Gasteiger partial charge in [-0.3, -0.25) is 0 Å². The van der Waals surface area contributed by atoms with Crippen LogP contribution < -0.4 is 9.47 Å². The molecule has 0 saturated carbocycles. The molecule has 3 heteroatoms. The maximum absolute atomic E-state index is 6.16. The topological polar surface area (TPSA) is 18.5 Å². The Morgan fingerprint density at radius 3 is 2.93 bits per heavy atom. The van der Waals surface area contributed by atoms with Crippen molar-refractivity contribution in [1.29, 1.82) is 0 Å². The van der Waals surface area contributed by atoms with Gasteiger partial charge in [0.1, 0.15) is 11.5 Å². The van der Waals surface area contributed by atoms with Crippen molar-refractivity contribution in [2.75, 3.05) is 7.11 Å². The Morgan fingerprint density at radius 1 is 1.43 bits per heavy atom. The van der Waals surface area contributed by atoms with Gasteiger partial charge in [-0.25, -0.2) is 0 Å². The van der Waals surface area contributed by atoms with E-state index in [4.69, 9.17) is 21.1 Å². The quantitative estimate of drug-likeness (QED) is 0.663. The Bertz CT molecular complexity index is 385. The highest BCUT2D eigenvalue weighted by Crippen LogP contribution is 2.38. The van der Waals surface area contributed by atoms with Crippen molar-refractivity contribution in [3.05, 3.63) is 35.6 Å². The van der Waals surface area contributed by atoms with Gasteiger partial charge in [0.2, 0.25) is 0 Å². The van der Waals surface area contributed by atoms with Crippen molar-refractivity contribution in [2.24, 2.45) is 0 Å². The van der Waals surface area contributed by atoms with Crippen LogP contribution in [0.25, 0.3) is 0 Å². The van der Waals surface area contributed by atoms with Crippen LogP contribution >= 0.6 is 11.6 Å². The van der Waals surface area contributed by atoms with Gasteiger partial charge >= 0.3 is 0 Å². The molecule has 0 saturated heterocycles. The number of ether oxygens (including phenoxy) is 2. The smallest absolute Gasteiger partial charge is 0.132 e. The zero-order valence-electron chi connectivity index (χ0n) is 8.08. The standard InChI is InChI=1S/C11H11ClO2/c1-7-5-10(12)9-6-8(13-2)3-4-11(9)14-7/h3-6,10H,1-2H3. The summed E-state index contributed by atoms with van der Waals surface area (Å²) < 4.78 is 10.6. The van der Waals surface area contributed by atoms with E-state index in [0.29, 0.717) is 0 Å². The Hall–Kier alpha value is -1.15. The van der Waals surface area contributed by atoms with Gasteiger partial charge < -0.3 is 9.47 Å². The van der Waals surface area contributed by atoms with E-state index in [2.05, 4.69) is 0 Å². The highest BCUT2D eigenvalue weighted by atomic mass is 35.5. The molecule has 0 aromatic heterocycles. The van der Waals surface area contributed by atoms with Gasteiger partial charge in [0, 0.05) is 5.56 Å². The first-order valence-electron chi connectivity index (χ1n) is 4.39. The van der Waals surface area contributed by atoms with E-state index in [1.54, 1.807) is 7.11 Å². The van der Waals surface area contributed by atoms with E-state index >= 15 is 0 Å². The second kappa shape index (κ2) is 3.54. The SMILES string of the molecule is COc1ccc2c(c1)C(Cl)C=C(C)O2. The summed E-state index contributed by atoms with van der Waals surface area (Å²) in [7, 11) is 1.63. The Balaban J connectivity index is 2.44. The molecule has 0 N–H and O–H groups in total. The van der Waals surface area contributed by atoms with Crippen LogP contribution in [0, 0.1) is 0 Å². The van der Waals surface area contributed by atoms with Crippen molar-refractivity contribution < 1.29 is 9.47 Å². The predicted molar refractivity (Wildman–Crippen MR) is 56.0 cm³/mol. The first-order chi connectivity index (χ1) is 6.70. The Labute approximate surface area is 88.1 Å². The Morgan fingerprint density at radius 2 is 2.21 bits per heavy atom. The second-order valence-electron chi connectivity index (χ2n) is 3.18. The predicted octanol–water partition coefficient (Wildman–Crippen LogP) is 3.27. The molecule has 0 radical (unpaired) electrons. The van der Waals surface area contributed by atoms with Crippen molar-refractivity contribution in [1.82, 2.24) is 0 Å². The monoisotopic (exact) mass is 210 g/mol. The average Bonchev–Trinajstić information content (AvgIpc) is 2.17. The molecule has 2 nitrogen and oxygen atoms in total. The van der Waals surface area contributed by atoms with Crippen LogP contribution in [-0.4, -0.2) is 7.11 Å². The third-order valence-corrected chi connectivity index (χ3v) is 2.53. The van der Waals surface area contributed by atoms with Crippen LogP contribution in [0.15, 0.2) is 30.0 Å². The van der Waals surface area contributed by atoms with E-state index in [0.717, 1.165) is 22.8 Å². The number of benzene rings is 1. The number of rotatable bonds is 1. The molecule has 0 fully saturated rings. The van der Waals surface area contributed by atoms with Crippen LogP contribution in [0.3, 0.4) is 0 Å². The minimum Gasteiger partial charge on any atom is -0.497 e. The summed E-state index contributed by atoms with van der Waals surface area (Å²) in [6, 6.07) is 5.64. The summed E-state index contributed by atoms with van der Waals surface area (Å²) in [4.78, 5) is 0. The molecule has 1 unspecified atom stereocenters. The molecule has 0 bridgehead atoms. The van der Waals surface area contributed by atoms with E-state index < -0.39 is 0 Å². The van der Waals surface area contributed by atoms with Gasteiger partial charge in [0.05, 0.1) is 18.2 Å². The number of hydrogen-bond acceptors (Lipinski definition) is 2. The van der Waals surface area contributed by atoms with Crippen molar-refractivity contribution in [3.8, 4) is 11.5 Å². The van der Waals surface area contributed by atoms with Gasteiger partial charge in [-0.2, -0.15) is 0 Å². The highest BCUT2D eigenvalue weighted by Gasteiger charge is 2.18. The normalized spacial score (nSPS) is 19.4. The third-order valence-electron chi connectivity index (χ3n) is 2.17. The van der Waals surface area contributed by atoms with Crippen LogP contribution in [0.4, 0.5) is 0 Å². The van der Waals surface area contributed by atoms with Gasteiger partial charge in [-0.15, -0.1) is 11.6 Å². The molecule has 0 amide bonds. The summed E-state index contributed by atoms with van der Waals surface area (Å²) >= 11 is 6.16. The van der Waals surface area contributed by atoms with Crippen molar-refractivity contribution in [3.63, 3.8) is 0 Å². The molecular weight excluding hydrogens is 200 g/mol. The van der Waals surface area contributed by atoms with E-state index in [1.807, 2.05) is 31.2 Å². The Kier molecular flexibility index (Phi) is 2.38. The highest BCUT2D eigenvalue weighted by molar-refractivity contribution is 6.22. The molecule has 1 atom stereocenters. The molecule has 1 aromatic carbocycles. The molecule has 1 aliphatic rings. The molecule has 0 spiro atoms. The van der Waals surface area contributed by atoms with E-state index in [-0.39, 0.29) is 5.38 Å². The fraction of sp³-hybridized carbons (Fsp3) is 0.273. The minimum atomic E-state index is -0.131. The molecule has 74 valence electrons. The summed E-state index contributed by atoms with van der Waals surface area (Å²) in [6.45, 7) is 1.89. The van der Waals surface area contributed by atoms with Crippen LogP contribution in [-0.2, 0) is 0 Å². The zero-order chi connectivity index (χ0) is 10.1. The largest absolute Gasteiger partial charge is 0.497 e. The number of hydrogen-bond donors (Lipinski definition) is 0. The summed E-state index contributed by atoms with van der Waals surface area (Å²) in [6.07, 6.45) is 1.88. The lowest BCUT2D eigenvalue weighted by molar-refractivity contribution is 0.398. The van der Waals surface area contributed by atoms with Gasteiger partial charge in [0.25, 0.3) is 0 Å². The number of allylic oxidation sites excluding steroid dienone is 2. The third kappa shape index (κ3) is 1.58. The molecular formula is C11H11ClO2. The second-order valence-corrected chi connectivity index (χ2v) is 3.66. The van der Waals surface area contributed by atoms with Crippen LogP contribution in [0.2, 0.25) is 0 Å². The lowest BCUT2D eigenvalue weighted by Crippen LogP contribution is -2.04. The van der Waals surface area contributed by atoms with Crippen LogP contribution in [0.5, 0.6) is 11.5 Å². The molecule has 1 aliphatic heterocycles. The lowest BCUT2D eigenvalue weighted by atomic mass is 10.1. The molecule has 2 rings (SSSR count). The van der Waals surface area contributed by atoms with E-state index in [9.17, 15) is 0 Å². The minimum absolute atomic E-state index is 0.131. The maximum atomic E-state index is 6.16. The number of fused-ring (bicyclic) bond motifs is 1. The number of methoxy groups -OCH3 is 1. The average molecular weight is 211 g/mol. The summed E-state index contributed by atoms with van der Waals surface area (Å²) in [5.74, 6) is 2.44. The first-order valence-corrected chi connectivity index (χ1v) is 4.82. The number of alkyl halides is 1. The maximum Gasteiger partial charge on any atom is 0.132 e. The van der Waals surface area contributed by atoms with Crippen molar-refractivity contribution in [2.45, 2.75) is 12.3 Å². The summed E-state index contributed by atoms with van der Waals surface area (Å²) in [5, 5.41) is -0.131. The molecule has 1 aromatic rings. The van der Waals surface area contributed by atoms with Gasteiger partial charge in [-0.1, -0.05) is 0 Å². The fourth-order valence-corrected chi connectivity index (χ4v) is 1.81. The van der Waals surface area contributed by atoms with E-state index in [1.165, 1.54) is 0 Å². The summed E-state index contributed by atoms with van der Waals surface area (Å²) in [5.41, 5.74) is 0.955. The molecule has 1 heterocycles. The first kappa shape index (κ1) is 9.41. The van der Waals surface area contributed by atoms with Gasteiger partial charge in [-0.05, 0) is 31.2 Å². The number of halogens is 1.